The van der Waals surface area contributed by atoms with Crippen LogP contribution in [0.1, 0.15) is 47.5 Å². The predicted molar refractivity (Wildman–Crippen MR) is 73.6 cm³/mol. The molecule has 1 atom stereocenters. The molecule has 0 saturated heterocycles. The molecule has 0 spiro atoms. The Morgan fingerprint density at radius 2 is 1.76 bits per heavy atom. The molecule has 0 aliphatic heterocycles. The Labute approximate surface area is 107 Å². The molecule has 0 saturated carbocycles. The van der Waals surface area contributed by atoms with E-state index in [9.17, 15) is 4.79 Å². The van der Waals surface area contributed by atoms with Gasteiger partial charge >= 0.3 is 5.97 Å². The first kappa shape index (κ1) is 16.6. The number of esters is 1. The van der Waals surface area contributed by atoms with Gasteiger partial charge in [-0.1, -0.05) is 20.8 Å². The molecule has 3 nitrogen and oxygen atoms in total. The van der Waals surface area contributed by atoms with Gasteiger partial charge in [0.25, 0.3) is 0 Å². The monoisotopic (exact) mass is 260 g/mol. The predicted octanol–water partition coefficient (Wildman–Crippen LogP) is 3.74. The Morgan fingerprint density at radius 3 is 2.18 bits per heavy atom. The molecule has 0 amide bonds. The maximum atomic E-state index is 11.2. The van der Waals surface area contributed by atoms with E-state index in [-0.39, 0.29) is 12.1 Å². The normalized spacial score (nSPS) is 13.5. The van der Waals surface area contributed by atoms with Crippen LogP contribution in [0.5, 0.6) is 0 Å². The standard InChI is InChI=1S/C13H28O3Si/c1-6-13(14)16-12(5)10-11-17(8-3,9-4)15-7-2/h12H,6-11H2,1-5H3. The summed E-state index contributed by atoms with van der Waals surface area (Å²) in [5, 5.41) is 0. The summed E-state index contributed by atoms with van der Waals surface area (Å²) in [5.41, 5.74) is 0. The second-order valence-corrected chi connectivity index (χ2v) is 9.08. The third-order valence-electron chi connectivity index (χ3n) is 3.37. The van der Waals surface area contributed by atoms with Crippen molar-refractivity contribution in [1.29, 1.82) is 0 Å². The van der Waals surface area contributed by atoms with Crippen LogP contribution in [0.15, 0.2) is 0 Å². The fourth-order valence-electron chi connectivity index (χ4n) is 2.02. The third-order valence-corrected chi connectivity index (χ3v) is 8.05. The van der Waals surface area contributed by atoms with Gasteiger partial charge in [-0.25, -0.2) is 0 Å². The van der Waals surface area contributed by atoms with E-state index in [0.717, 1.165) is 31.2 Å². The lowest BCUT2D eigenvalue weighted by Gasteiger charge is -2.29. The lowest BCUT2D eigenvalue weighted by Crippen LogP contribution is -2.37. The SMILES string of the molecule is CCO[Si](CC)(CC)CCC(C)OC(=O)CC. The fourth-order valence-corrected chi connectivity index (χ4v) is 5.32. The minimum atomic E-state index is -1.56. The third kappa shape index (κ3) is 6.22. The minimum absolute atomic E-state index is 0.0212. The second-order valence-electron chi connectivity index (χ2n) is 4.52. The van der Waals surface area contributed by atoms with Crippen LogP contribution in [0.3, 0.4) is 0 Å². The molecule has 0 N–H and O–H groups in total. The average molecular weight is 260 g/mol. The fraction of sp³-hybridized carbons (Fsp3) is 0.923. The van der Waals surface area contributed by atoms with E-state index in [4.69, 9.17) is 9.16 Å². The van der Waals surface area contributed by atoms with Crippen molar-refractivity contribution in [3.63, 3.8) is 0 Å². The topological polar surface area (TPSA) is 35.5 Å². The van der Waals surface area contributed by atoms with Crippen molar-refractivity contribution in [1.82, 2.24) is 0 Å². The van der Waals surface area contributed by atoms with Crippen LogP contribution in [-0.4, -0.2) is 27.0 Å². The summed E-state index contributed by atoms with van der Waals surface area (Å²) in [5.74, 6) is -0.103. The molecule has 0 aromatic heterocycles. The van der Waals surface area contributed by atoms with E-state index in [0.29, 0.717) is 6.42 Å². The lowest BCUT2D eigenvalue weighted by atomic mass is 10.3. The summed E-state index contributed by atoms with van der Waals surface area (Å²) in [4.78, 5) is 11.2. The molecule has 0 aliphatic rings. The second kappa shape index (κ2) is 8.70. The largest absolute Gasteiger partial charge is 0.463 e. The molecule has 0 fully saturated rings. The lowest BCUT2D eigenvalue weighted by molar-refractivity contribution is -0.147. The first-order chi connectivity index (χ1) is 8.03. The molecule has 102 valence electrons. The van der Waals surface area contributed by atoms with Gasteiger partial charge in [-0.3, -0.25) is 4.79 Å². The van der Waals surface area contributed by atoms with Gasteiger partial charge in [0.1, 0.15) is 0 Å². The van der Waals surface area contributed by atoms with Gasteiger partial charge in [0, 0.05) is 13.0 Å². The molecule has 0 aromatic rings. The number of carbonyl (C=O) groups is 1. The van der Waals surface area contributed by atoms with Crippen LogP contribution in [0, 0.1) is 0 Å². The Hall–Kier alpha value is -0.353. The van der Waals surface area contributed by atoms with E-state index in [1.165, 1.54) is 0 Å². The van der Waals surface area contributed by atoms with E-state index >= 15 is 0 Å². The van der Waals surface area contributed by atoms with Crippen LogP contribution in [-0.2, 0) is 14.0 Å². The van der Waals surface area contributed by atoms with Gasteiger partial charge in [0.15, 0.2) is 8.32 Å². The van der Waals surface area contributed by atoms with Gasteiger partial charge in [-0.15, -0.1) is 0 Å². The van der Waals surface area contributed by atoms with Crippen LogP contribution >= 0.6 is 0 Å². The molecule has 0 bridgehead atoms. The zero-order valence-corrected chi connectivity index (χ0v) is 13.0. The van der Waals surface area contributed by atoms with Crippen LogP contribution in [0.25, 0.3) is 0 Å². The van der Waals surface area contributed by atoms with Crippen molar-refractivity contribution >= 4 is 14.3 Å². The highest BCUT2D eigenvalue weighted by Gasteiger charge is 2.30. The molecule has 0 heterocycles. The summed E-state index contributed by atoms with van der Waals surface area (Å²) in [7, 11) is -1.56. The maximum absolute atomic E-state index is 11.2. The summed E-state index contributed by atoms with van der Waals surface area (Å²) in [6.07, 6.45) is 1.41. The zero-order chi connectivity index (χ0) is 13.3. The molecule has 0 radical (unpaired) electrons. The molecular weight excluding hydrogens is 232 g/mol. The smallest absolute Gasteiger partial charge is 0.305 e. The van der Waals surface area contributed by atoms with Crippen molar-refractivity contribution in [3.8, 4) is 0 Å². The Bertz CT molecular complexity index is 215. The van der Waals surface area contributed by atoms with Gasteiger partial charge in [-0.2, -0.15) is 0 Å². The Kier molecular flexibility index (Phi) is 8.52. The van der Waals surface area contributed by atoms with Crippen molar-refractivity contribution in [2.45, 2.75) is 71.7 Å². The van der Waals surface area contributed by atoms with Crippen LogP contribution in [0.4, 0.5) is 0 Å². The maximum Gasteiger partial charge on any atom is 0.305 e. The first-order valence-electron chi connectivity index (χ1n) is 6.86. The Balaban J connectivity index is 4.15. The minimum Gasteiger partial charge on any atom is -0.463 e. The van der Waals surface area contributed by atoms with Gasteiger partial charge in [0.2, 0.25) is 0 Å². The molecular formula is C13H28O3Si. The van der Waals surface area contributed by atoms with Crippen LogP contribution < -0.4 is 0 Å². The number of ether oxygens (including phenoxy) is 1. The highest BCUT2D eigenvalue weighted by molar-refractivity contribution is 6.73. The van der Waals surface area contributed by atoms with E-state index < -0.39 is 8.32 Å². The molecule has 1 unspecified atom stereocenters. The average Bonchev–Trinajstić information content (AvgIpc) is 2.34. The number of rotatable bonds is 9. The first-order valence-corrected chi connectivity index (χ1v) is 9.39. The van der Waals surface area contributed by atoms with E-state index in [1.54, 1.807) is 0 Å². The molecule has 4 heteroatoms. The van der Waals surface area contributed by atoms with Crippen molar-refractivity contribution in [3.05, 3.63) is 0 Å². The van der Waals surface area contributed by atoms with E-state index in [1.807, 2.05) is 13.8 Å². The molecule has 17 heavy (non-hydrogen) atoms. The molecule has 0 aromatic carbocycles. The number of carbonyl (C=O) groups excluding carboxylic acids is 1. The number of hydrogen-bond donors (Lipinski definition) is 0. The van der Waals surface area contributed by atoms with Gasteiger partial charge in [0.05, 0.1) is 6.10 Å². The summed E-state index contributed by atoms with van der Waals surface area (Å²) >= 11 is 0. The molecule has 0 rings (SSSR count). The van der Waals surface area contributed by atoms with Crippen molar-refractivity contribution < 1.29 is 14.0 Å². The highest BCUT2D eigenvalue weighted by atomic mass is 28.4. The quantitative estimate of drug-likeness (QED) is 0.468. The highest BCUT2D eigenvalue weighted by Crippen LogP contribution is 2.25. The summed E-state index contributed by atoms with van der Waals surface area (Å²) in [6, 6.07) is 3.38. The summed E-state index contributed by atoms with van der Waals surface area (Å²) < 4.78 is 11.3. The zero-order valence-electron chi connectivity index (χ0n) is 12.0. The van der Waals surface area contributed by atoms with Crippen LogP contribution in [0.2, 0.25) is 18.1 Å². The Morgan fingerprint density at radius 1 is 1.18 bits per heavy atom. The van der Waals surface area contributed by atoms with Gasteiger partial charge in [-0.05, 0) is 38.4 Å². The number of hydrogen-bond acceptors (Lipinski definition) is 3. The van der Waals surface area contributed by atoms with Crippen molar-refractivity contribution in [2.75, 3.05) is 6.61 Å². The molecule has 0 aliphatic carbocycles. The van der Waals surface area contributed by atoms with Gasteiger partial charge < -0.3 is 9.16 Å². The summed E-state index contributed by atoms with van der Waals surface area (Å²) in [6.45, 7) is 11.1. The van der Waals surface area contributed by atoms with E-state index in [2.05, 4.69) is 20.8 Å². The van der Waals surface area contributed by atoms with Crippen molar-refractivity contribution in [2.24, 2.45) is 0 Å².